The Morgan fingerprint density at radius 2 is 2.14 bits per heavy atom. The van der Waals surface area contributed by atoms with Crippen LogP contribution in [0.25, 0.3) is 5.69 Å². The molecular formula is C14H19N5OS. The van der Waals surface area contributed by atoms with Gasteiger partial charge in [0.15, 0.2) is 0 Å². The van der Waals surface area contributed by atoms with Gasteiger partial charge in [-0.2, -0.15) is 4.68 Å². The van der Waals surface area contributed by atoms with E-state index in [0.717, 1.165) is 11.4 Å². The molecule has 1 amide bonds. The van der Waals surface area contributed by atoms with Crippen LogP contribution in [0.3, 0.4) is 0 Å². The Labute approximate surface area is 128 Å². The molecule has 1 heterocycles. The van der Waals surface area contributed by atoms with Crippen molar-refractivity contribution in [3.63, 3.8) is 0 Å². The zero-order valence-corrected chi connectivity index (χ0v) is 13.4. The molecular weight excluding hydrogens is 286 g/mol. The fraction of sp³-hybridized carbons (Fsp3) is 0.429. The topological polar surface area (TPSA) is 72.7 Å². The van der Waals surface area contributed by atoms with Gasteiger partial charge >= 0.3 is 0 Å². The monoisotopic (exact) mass is 305 g/mol. The maximum atomic E-state index is 12.0. The normalized spacial score (nSPS) is 11.4. The van der Waals surface area contributed by atoms with E-state index in [4.69, 9.17) is 0 Å². The number of hydrogen-bond donors (Lipinski definition) is 1. The van der Waals surface area contributed by atoms with Gasteiger partial charge in [0.1, 0.15) is 0 Å². The standard InChI is InChI=1S/C14H19N5OS/c1-14(2,3)9-12(20)15-10-6-5-7-11(8-10)19-13(21-4)16-17-18-19/h5-8H,9H2,1-4H3,(H,15,20). The maximum Gasteiger partial charge on any atom is 0.224 e. The Bertz CT molecular complexity index is 632. The number of rotatable bonds is 4. The first-order valence-electron chi connectivity index (χ1n) is 6.62. The van der Waals surface area contributed by atoms with E-state index >= 15 is 0 Å². The first kappa shape index (κ1) is 15.5. The van der Waals surface area contributed by atoms with Crippen molar-refractivity contribution >= 4 is 23.4 Å². The Morgan fingerprint density at radius 1 is 1.38 bits per heavy atom. The highest BCUT2D eigenvalue weighted by atomic mass is 32.2. The number of aromatic nitrogens is 4. The smallest absolute Gasteiger partial charge is 0.224 e. The molecule has 1 N–H and O–H groups in total. The van der Waals surface area contributed by atoms with Crippen molar-refractivity contribution in [1.82, 2.24) is 20.2 Å². The minimum Gasteiger partial charge on any atom is -0.326 e. The quantitative estimate of drug-likeness (QED) is 0.879. The second-order valence-electron chi connectivity index (χ2n) is 5.91. The van der Waals surface area contributed by atoms with Crippen LogP contribution in [0.2, 0.25) is 0 Å². The van der Waals surface area contributed by atoms with Crippen molar-refractivity contribution in [3.05, 3.63) is 24.3 Å². The number of nitrogens with zero attached hydrogens (tertiary/aromatic N) is 4. The largest absolute Gasteiger partial charge is 0.326 e. The molecule has 0 aliphatic rings. The minimum atomic E-state index is -0.0382. The second kappa shape index (κ2) is 6.26. The molecule has 2 aromatic rings. The molecule has 0 aliphatic carbocycles. The predicted molar refractivity (Wildman–Crippen MR) is 83.6 cm³/mol. The maximum absolute atomic E-state index is 12.0. The third-order valence-electron chi connectivity index (χ3n) is 2.69. The van der Waals surface area contributed by atoms with E-state index in [9.17, 15) is 4.79 Å². The molecule has 0 bridgehead atoms. The summed E-state index contributed by atoms with van der Waals surface area (Å²) < 4.78 is 1.64. The number of hydrogen-bond acceptors (Lipinski definition) is 5. The molecule has 0 saturated carbocycles. The SMILES string of the molecule is CSc1nnnn1-c1cccc(NC(=O)CC(C)(C)C)c1. The summed E-state index contributed by atoms with van der Waals surface area (Å²) in [7, 11) is 0. The van der Waals surface area contributed by atoms with Crippen molar-refractivity contribution < 1.29 is 4.79 Å². The summed E-state index contributed by atoms with van der Waals surface area (Å²) in [6.07, 6.45) is 2.38. The molecule has 1 aromatic carbocycles. The Kier molecular flexibility index (Phi) is 4.62. The van der Waals surface area contributed by atoms with Crippen molar-refractivity contribution in [2.24, 2.45) is 5.41 Å². The Balaban J connectivity index is 2.17. The molecule has 0 unspecified atom stereocenters. The Morgan fingerprint density at radius 3 is 2.81 bits per heavy atom. The van der Waals surface area contributed by atoms with Crippen LogP contribution in [0.4, 0.5) is 5.69 Å². The highest BCUT2D eigenvalue weighted by Gasteiger charge is 2.16. The van der Waals surface area contributed by atoms with Gasteiger partial charge in [-0.25, -0.2) is 0 Å². The van der Waals surface area contributed by atoms with E-state index in [1.54, 1.807) is 4.68 Å². The van der Waals surface area contributed by atoms with Gasteiger partial charge in [0.2, 0.25) is 11.1 Å². The fourth-order valence-electron chi connectivity index (χ4n) is 1.87. The van der Waals surface area contributed by atoms with Crippen LogP contribution in [0.5, 0.6) is 0 Å². The van der Waals surface area contributed by atoms with Gasteiger partial charge in [0.05, 0.1) is 5.69 Å². The first-order valence-corrected chi connectivity index (χ1v) is 7.84. The second-order valence-corrected chi connectivity index (χ2v) is 6.69. The molecule has 7 heteroatoms. The highest BCUT2D eigenvalue weighted by molar-refractivity contribution is 7.98. The molecule has 0 atom stereocenters. The van der Waals surface area contributed by atoms with Crippen LogP contribution in [0.1, 0.15) is 27.2 Å². The molecule has 0 aliphatic heterocycles. The summed E-state index contributed by atoms with van der Waals surface area (Å²) >= 11 is 1.46. The van der Waals surface area contributed by atoms with Gasteiger partial charge in [-0.1, -0.05) is 38.6 Å². The molecule has 0 fully saturated rings. The number of thioether (sulfide) groups is 1. The average molecular weight is 305 g/mol. The first-order chi connectivity index (χ1) is 9.89. The summed E-state index contributed by atoms with van der Waals surface area (Å²) in [6.45, 7) is 6.11. The third kappa shape index (κ3) is 4.29. The van der Waals surface area contributed by atoms with Gasteiger partial charge in [-0.3, -0.25) is 4.79 Å². The Hall–Kier alpha value is -1.89. The number of tetrazole rings is 1. The number of carbonyl (C=O) groups excluding carboxylic acids is 1. The summed E-state index contributed by atoms with van der Waals surface area (Å²) in [6, 6.07) is 7.48. The van der Waals surface area contributed by atoms with Crippen LogP contribution in [-0.2, 0) is 4.79 Å². The summed E-state index contributed by atoms with van der Waals surface area (Å²) in [5, 5.41) is 15.2. The number of benzene rings is 1. The third-order valence-corrected chi connectivity index (χ3v) is 3.31. The number of nitrogens with one attached hydrogen (secondary N) is 1. The molecule has 112 valence electrons. The van der Waals surface area contributed by atoms with E-state index in [2.05, 4.69) is 20.8 Å². The lowest BCUT2D eigenvalue weighted by atomic mass is 9.92. The van der Waals surface area contributed by atoms with Crippen LogP contribution in [-0.4, -0.2) is 32.4 Å². The predicted octanol–water partition coefficient (Wildman–Crippen LogP) is 2.76. The van der Waals surface area contributed by atoms with E-state index in [1.165, 1.54) is 11.8 Å². The molecule has 6 nitrogen and oxygen atoms in total. The van der Waals surface area contributed by atoms with E-state index < -0.39 is 0 Å². The fourth-order valence-corrected chi connectivity index (χ4v) is 2.30. The lowest BCUT2D eigenvalue weighted by Gasteiger charge is -2.17. The van der Waals surface area contributed by atoms with Crippen LogP contribution in [0, 0.1) is 5.41 Å². The van der Waals surface area contributed by atoms with Gasteiger partial charge in [-0.15, -0.1) is 5.10 Å². The zero-order valence-electron chi connectivity index (χ0n) is 12.6. The number of amides is 1. The van der Waals surface area contributed by atoms with E-state index in [1.807, 2.05) is 51.3 Å². The van der Waals surface area contributed by atoms with Gasteiger partial charge in [0, 0.05) is 12.1 Å². The van der Waals surface area contributed by atoms with Crippen molar-refractivity contribution in [1.29, 1.82) is 0 Å². The highest BCUT2D eigenvalue weighted by Crippen LogP contribution is 2.21. The van der Waals surface area contributed by atoms with Crippen LogP contribution < -0.4 is 5.32 Å². The lowest BCUT2D eigenvalue weighted by Crippen LogP contribution is -2.19. The lowest BCUT2D eigenvalue weighted by molar-refractivity contribution is -0.117. The summed E-state index contributed by atoms with van der Waals surface area (Å²) in [4.78, 5) is 12.0. The number of carbonyl (C=O) groups is 1. The van der Waals surface area contributed by atoms with Gasteiger partial charge in [0.25, 0.3) is 0 Å². The van der Waals surface area contributed by atoms with Gasteiger partial charge in [-0.05, 0) is 40.3 Å². The van der Waals surface area contributed by atoms with E-state index in [-0.39, 0.29) is 11.3 Å². The molecule has 0 spiro atoms. The minimum absolute atomic E-state index is 0.00135. The zero-order chi connectivity index (χ0) is 15.5. The molecule has 21 heavy (non-hydrogen) atoms. The molecule has 1 aromatic heterocycles. The van der Waals surface area contributed by atoms with Crippen molar-refractivity contribution in [3.8, 4) is 5.69 Å². The van der Waals surface area contributed by atoms with Crippen LogP contribution in [0.15, 0.2) is 29.4 Å². The molecule has 0 saturated heterocycles. The van der Waals surface area contributed by atoms with Crippen molar-refractivity contribution in [2.45, 2.75) is 32.3 Å². The van der Waals surface area contributed by atoms with Crippen LogP contribution >= 0.6 is 11.8 Å². The molecule has 0 radical (unpaired) electrons. The van der Waals surface area contributed by atoms with E-state index in [0.29, 0.717) is 11.6 Å². The number of anilines is 1. The van der Waals surface area contributed by atoms with Crippen molar-refractivity contribution in [2.75, 3.05) is 11.6 Å². The van der Waals surface area contributed by atoms with Gasteiger partial charge < -0.3 is 5.32 Å². The average Bonchev–Trinajstić information content (AvgIpc) is 2.84. The summed E-state index contributed by atoms with van der Waals surface area (Å²) in [5.74, 6) is 0.00135. The molecule has 2 rings (SSSR count). The summed E-state index contributed by atoms with van der Waals surface area (Å²) in [5.41, 5.74) is 1.52.